The fraction of sp³-hybridized carbons (Fsp3) is 0.400. The number of hydrogen-bond donors (Lipinski definition) is 0. The molecule has 1 rings (SSSR count). The molecule has 0 radical (unpaired) electrons. The summed E-state index contributed by atoms with van der Waals surface area (Å²) in [5.74, 6) is 0.182. The first-order chi connectivity index (χ1) is 6.44. The quantitative estimate of drug-likeness (QED) is 0.803. The SMILES string of the molecule is CCS(=O)(=O)Cc1cc(C)ccc1Cl. The van der Waals surface area contributed by atoms with Crippen LogP contribution in [0.15, 0.2) is 18.2 Å². The minimum absolute atomic E-state index is 0.0318. The Hall–Kier alpha value is -0.540. The van der Waals surface area contributed by atoms with E-state index >= 15 is 0 Å². The maximum atomic E-state index is 11.4. The lowest BCUT2D eigenvalue weighted by molar-refractivity contribution is 0.596. The zero-order valence-electron chi connectivity index (χ0n) is 8.25. The van der Waals surface area contributed by atoms with Gasteiger partial charge in [-0.05, 0) is 18.6 Å². The summed E-state index contributed by atoms with van der Waals surface area (Å²) in [7, 11) is -3.00. The van der Waals surface area contributed by atoms with E-state index in [4.69, 9.17) is 11.6 Å². The summed E-state index contributed by atoms with van der Waals surface area (Å²) in [5, 5.41) is 0.521. The maximum Gasteiger partial charge on any atom is 0.154 e. The molecule has 4 heteroatoms. The second-order valence-electron chi connectivity index (χ2n) is 3.27. The summed E-state index contributed by atoms with van der Waals surface area (Å²) < 4.78 is 22.7. The average Bonchev–Trinajstić information content (AvgIpc) is 2.11. The van der Waals surface area contributed by atoms with Crippen molar-refractivity contribution in [1.82, 2.24) is 0 Å². The standard InChI is InChI=1S/C10H13ClO2S/c1-3-14(12,13)7-9-6-8(2)4-5-10(9)11/h4-6H,3,7H2,1-2H3. The fourth-order valence-corrected chi connectivity index (χ4v) is 2.33. The Morgan fingerprint density at radius 1 is 1.36 bits per heavy atom. The lowest BCUT2D eigenvalue weighted by Crippen LogP contribution is -2.07. The van der Waals surface area contributed by atoms with Gasteiger partial charge in [-0.25, -0.2) is 8.42 Å². The van der Waals surface area contributed by atoms with E-state index in [1.165, 1.54) is 0 Å². The highest BCUT2D eigenvalue weighted by atomic mass is 35.5. The van der Waals surface area contributed by atoms with Crippen molar-refractivity contribution in [3.8, 4) is 0 Å². The molecule has 2 nitrogen and oxygen atoms in total. The third kappa shape index (κ3) is 3.00. The van der Waals surface area contributed by atoms with E-state index < -0.39 is 9.84 Å². The molecule has 14 heavy (non-hydrogen) atoms. The lowest BCUT2D eigenvalue weighted by atomic mass is 10.2. The molecule has 0 amide bonds. The van der Waals surface area contributed by atoms with E-state index in [0.29, 0.717) is 10.6 Å². The summed E-state index contributed by atoms with van der Waals surface area (Å²) >= 11 is 5.89. The van der Waals surface area contributed by atoms with Crippen LogP contribution in [0, 0.1) is 6.92 Å². The zero-order chi connectivity index (χ0) is 10.8. The summed E-state index contributed by atoms with van der Waals surface area (Å²) in [6.45, 7) is 3.55. The number of halogens is 1. The Balaban J connectivity index is 3.03. The summed E-state index contributed by atoms with van der Waals surface area (Å²) in [6.07, 6.45) is 0. The van der Waals surface area contributed by atoms with Gasteiger partial charge in [0.25, 0.3) is 0 Å². The molecule has 78 valence electrons. The van der Waals surface area contributed by atoms with Gasteiger partial charge >= 0.3 is 0 Å². The first-order valence-electron chi connectivity index (χ1n) is 4.40. The van der Waals surface area contributed by atoms with Crippen molar-refractivity contribution in [2.75, 3.05) is 5.75 Å². The van der Waals surface area contributed by atoms with Crippen molar-refractivity contribution in [1.29, 1.82) is 0 Å². The average molecular weight is 233 g/mol. The van der Waals surface area contributed by atoms with Gasteiger partial charge in [-0.3, -0.25) is 0 Å². The van der Waals surface area contributed by atoms with Gasteiger partial charge in [-0.15, -0.1) is 0 Å². The van der Waals surface area contributed by atoms with Crippen LogP contribution in [0.4, 0.5) is 0 Å². The highest BCUT2D eigenvalue weighted by Gasteiger charge is 2.11. The molecule has 0 heterocycles. The normalized spacial score (nSPS) is 11.6. The molecular weight excluding hydrogens is 220 g/mol. The first-order valence-corrected chi connectivity index (χ1v) is 6.60. The van der Waals surface area contributed by atoms with E-state index in [1.807, 2.05) is 19.1 Å². The molecule has 0 saturated heterocycles. The summed E-state index contributed by atoms with van der Waals surface area (Å²) in [6, 6.07) is 5.41. The fourth-order valence-electron chi connectivity index (χ4n) is 1.15. The van der Waals surface area contributed by atoms with Gasteiger partial charge in [0.15, 0.2) is 9.84 Å². The number of benzene rings is 1. The molecule has 0 spiro atoms. The predicted octanol–water partition coefficient (Wildman–Crippen LogP) is 2.58. The number of hydrogen-bond acceptors (Lipinski definition) is 2. The number of aryl methyl sites for hydroxylation is 1. The Kier molecular flexibility index (Phi) is 3.56. The van der Waals surface area contributed by atoms with E-state index in [1.54, 1.807) is 13.0 Å². The molecule has 0 aromatic heterocycles. The zero-order valence-corrected chi connectivity index (χ0v) is 9.82. The largest absolute Gasteiger partial charge is 0.229 e. The molecule has 0 atom stereocenters. The van der Waals surface area contributed by atoms with Crippen LogP contribution in [0.1, 0.15) is 18.1 Å². The van der Waals surface area contributed by atoms with Gasteiger partial charge < -0.3 is 0 Å². The third-order valence-electron chi connectivity index (χ3n) is 2.02. The summed E-state index contributed by atoms with van der Waals surface area (Å²) in [4.78, 5) is 0. The van der Waals surface area contributed by atoms with Crippen molar-refractivity contribution < 1.29 is 8.42 Å². The van der Waals surface area contributed by atoms with Crippen LogP contribution in [-0.2, 0) is 15.6 Å². The van der Waals surface area contributed by atoms with Gasteiger partial charge in [0.05, 0.1) is 5.75 Å². The second kappa shape index (κ2) is 4.32. The van der Waals surface area contributed by atoms with Crippen LogP contribution < -0.4 is 0 Å². The molecule has 0 N–H and O–H groups in total. The molecule has 0 bridgehead atoms. The van der Waals surface area contributed by atoms with E-state index in [-0.39, 0.29) is 11.5 Å². The van der Waals surface area contributed by atoms with Crippen LogP contribution in [0.3, 0.4) is 0 Å². The monoisotopic (exact) mass is 232 g/mol. The molecular formula is C10H13ClO2S. The van der Waals surface area contributed by atoms with Crippen molar-refractivity contribution in [3.63, 3.8) is 0 Å². The topological polar surface area (TPSA) is 34.1 Å². The van der Waals surface area contributed by atoms with Crippen LogP contribution >= 0.6 is 11.6 Å². The van der Waals surface area contributed by atoms with Gasteiger partial charge in [0, 0.05) is 10.8 Å². The van der Waals surface area contributed by atoms with Gasteiger partial charge in [0.1, 0.15) is 0 Å². The molecule has 1 aromatic carbocycles. The van der Waals surface area contributed by atoms with Crippen molar-refractivity contribution in [2.45, 2.75) is 19.6 Å². The Morgan fingerprint density at radius 3 is 2.57 bits per heavy atom. The highest BCUT2D eigenvalue weighted by molar-refractivity contribution is 7.90. The van der Waals surface area contributed by atoms with Crippen molar-refractivity contribution in [2.24, 2.45) is 0 Å². The van der Waals surface area contributed by atoms with Crippen molar-refractivity contribution in [3.05, 3.63) is 34.3 Å². The van der Waals surface area contributed by atoms with E-state index in [2.05, 4.69) is 0 Å². The lowest BCUT2D eigenvalue weighted by Gasteiger charge is -2.05. The van der Waals surface area contributed by atoms with E-state index in [0.717, 1.165) is 5.56 Å². The second-order valence-corrected chi connectivity index (χ2v) is 6.03. The molecule has 0 aliphatic heterocycles. The van der Waals surface area contributed by atoms with E-state index in [9.17, 15) is 8.42 Å². The Labute approximate surface area is 89.8 Å². The molecule has 0 aliphatic rings. The minimum atomic E-state index is -3.00. The van der Waals surface area contributed by atoms with Crippen LogP contribution in [0.2, 0.25) is 5.02 Å². The van der Waals surface area contributed by atoms with Crippen molar-refractivity contribution >= 4 is 21.4 Å². The van der Waals surface area contributed by atoms with Gasteiger partial charge in [-0.1, -0.05) is 36.2 Å². The maximum absolute atomic E-state index is 11.4. The Morgan fingerprint density at radius 2 is 2.00 bits per heavy atom. The number of rotatable bonds is 3. The van der Waals surface area contributed by atoms with Gasteiger partial charge in [-0.2, -0.15) is 0 Å². The predicted molar refractivity (Wildman–Crippen MR) is 59.4 cm³/mol. The minimum Gasteiger partial charge on any atom is -0.229 e. The summed E-state index contributed by atoms with van der Waals surface area (Å²) in [5.41, 5.74) is 1.71. The molecule has 1 aromatic rings. The molecule has 0 saturated carbocycles. The molecule has 0 fully saturated rings. The van der Waals surface area contributed by atoms with Gasteiger partial charge in [0.2, 0.25) is 0 Å². The highest BCUT2D eigenvalue weighted by Crippen LogP contribution is 2.19. The van der Waals surface area contributed by atoms with Crippen LogP contribution in [0.25, 0.3) is 0 Å². The van der Waals surface area contributed by atoms with Crippen LogP contribution in [-0.4, -0.2) is 14.2 Å². The van der Waals surface area contributed by atoms with Crippen LogP contribution in [0.5, 0.6) is 0 Å². The molecule has 0 aliphatic carbocycles. The first kappa shape index (κ1) is 11.5. The molecule has 0 unspecified atom stereocenters. The Bertz CT molecular complexity index is 424. The smallest absolute Gasteiger partial charge is 0.154 e. The third-order valence-corrected chi connectivity index (χ3v) is 4.02. The number of sulfone groups is 1.